The van der Waals surface area contributed by atoms with Gasteiger partial charge >= 0.3 is 6.18 Å². The van der Waals surface area contributed by atoms with Crippen LogP contribution in [0, 0.1) is 11.8 Å². The molecule has 3 aromatic rings. The van der Waals surface area contributed by atoms with Gasteiger partial charge in [-0.25, -0.2) is 8.78 Å². The van der Waals surface area contributed by atoms with Gasteiger partial charge < -0.3 is 25.7 Å². The van der Waals surface area contributed by atoms with E-state index in [9.17, 15) is 31.5 Å². The molecule has 0 spiro atoms. The summed E-state index contributed by atoms with van der Waals surface area (Å²) in [6, 6.07) is 4.06. The van der Waals surface area contributed by atoms with Gasteiger partial charge in [0, 0.05) is 18.5 Å². The number of alkyl halides is 5. The van der Waals surface area contributed by atoms with Gasteiger partial charge in [-0.15, -0.1) is 0 Å². The van der Waals surface area contributed by atoms with Crippen LogP contribution in [-0.2, 0) is 11.3 Å². The fourth-order valence-corrected chi connectivity index (χ4v) is 5.72. The van der Waals surface area contributed by atoms with E-state index in [4.69, 9.17) is 27.9 Å². The third-order valence-electron chi connectivity index (χ3n) is 7.90. The van der Waals surface area contributed by atoms with E-state index in [1.807, 2.05) is 0 Å². The third-order valence-corrected chi connectivity index (χ3v) is 8.64. The first-order chi connectivity index (χ1) is 20.9. The number of rotatable bonds is 10. The van der Waals surface area contributed by atoms with Crippen molar-refractivity contribution < 1.29 is 36.3 Å². The summed E-state index contributed by atoms with van der Waals surface area (Å²) < 4.78 is 70.1. The molecule has 0 saturated heterocycles. The van der Waals surface area contributed by atoms with Crippen LogP contribution in [0.15, 0.2) is 18.2 Å². The molecule has 238 valence electrons. The Balaban J connectivity index is 1.34. The number of nitrogens with one attached hydrogen (secondary N) is 4. The number of hydrogen-bond donors (Lipinski definition) is 4. The first-order valence-electron chi connectivity index (χ1n) is 14.1. The molecule has 2 heterocycles. The Bertz CT molecular complexity index is 1520. The molecule has 1 aromatic carbocycles. The van der Waals surface area contributed by atoms with Crippen molar-refractivity contribution in [2.45, 2.75) is 70.1 Å². The zero-order valence-electron chi connectivity index (χ0n) is 23.2. The zero-order valence-corrected chi connectivity index (χ0v) is 24.7. The molecule has 0 unspecified atom stereocenters. The first kappa shape index (κ1) is 32.0. The molecule has 2 amide bonds. The second-order valence-corrected chi connectivity index (χ2v) is 11.7. The van der Waals surface area contributed by atoms with E-state index in [1.165, 1.54) is 6.07 Å². The minimum atomic E-state index is -4.30. The number of nitrogens with zero attached hydrogens (tertiary/aromatic N) is 2. The fourth-order valence-electron chi connectivity index (χ4n) is 5.19. The van der Waals surface area contributed by atoms with Crippen molar-refractivity contribution in [3.8, 4) is 5.88 Å². The van der Waals surface area contributed by atoms with Crippen LogP contribution in [0.4, 0.5) is 33.6 Å². The summed E-state index contributed by atoms with van der Waals surface area (Å²) in [6.45, 7) is -0.858. The first-order valence-corrected chi connectivity index (χ1v) is 14.9. The smallest absolute Gasteiger partial charge is 0.391 e. The number of ether oxygens (including phenoxy) is 1. The average molecular weight is 663 g/mol. The normalized spacial score (nSPS) is 19.1. The number of carbonyl (C=O) groups excluding carboxylic acids is 2. The Hall–Kier alpha value is -3.39. The molecule has 0 radical (unpaired) electrons. The van der Waals surface area contributed by atoms with Crippen molar-refractivity contribution in [1.29, 1.82) is 0 Å². The minimum Gasteiger partial charge on any atom is -0.471 e. The monoisotopic (exact) mass is 662 g/mol. The molecular formula is C28H29Cl2F5N6O3. The lowest BCUT2D eigenvalue weighted by Crippen LogP contribution is -2.40. The molecule has 9 nitrogen and oxygen atoms in total. The maximum atomic E-state index is 13.1. The summed E-state index contributed by atoms with van der Waals surface area (Å²) in [5.74, 6) is -2.49. The number of anilines is 2. The van der Waals surface area contributed by atoms with Gasteiger partial charge in [-0.3, -0.25) is 9.59 Å². The third kappa shape index (κ3) is 7.45. The van der Waals surface area contributed by atoms with Crippen molar-refractivity contribution in [2.75, 3.05) is 11.9 Å². The molecule has 2 aliphatic rings. The van der Waals surface area contributed by atoms with Gasteiger partial charge in [0.25, 0.3) is 12.3 Å². The number of H-pyrrole nitrogens is 1. The van der Waals surface area contributed by atoms with Crippen molar-refractivity contribution in [3.05, 3.63) is 39.4 Å². The number of benzene rings is 1. The van der Waals surface area contributed by atoms with E-state index in [-0.39, 0.29) is 82.5 Å². The Morgan fingerprint density at radius 2 is 1.80 bits per heavy atom. The quantitative estimate of drug-likeness (QED) is 0.175. The molecule has 0 atom stereocenters. The number of carbonyl (C=O) groups is 2. The molecule has 4 N–H and O–H groups in total. The van der Waals surface area contributed by atoms with Crippen LogP contribution in [0.1, 0.15) is 60.9 Å². The standard InChI is InChI=1S/C28H29Cl2F5N6O3/c29-18-9-4-14(11-36-24(42)13-2-1-3-13)21(30)22(18)39-27-38-19-10-17(26(40-23(19)41-27)44-12-20(31)32)25(43)37-16-7-5-15(6-8-16)28(33,34)35/h4,9-10,13,15-16,20H,1-3,5-8,11-12H2,(H,36,42)(H,37,43)(H2,38,39,40,41)/t15-,16-. The molecule has 2 aromatic heterocycles. The Kier molecular flexibility index (Phi) is 9.68. The Morgan fingerprint density at radius 3 is 2.43 bits per heavy atom. The lowest BCUT2D eigenvalue weighted by molar-refractivity contribution is -0.182. The number of pyridine rings is 1. The SMILES string of the molecule is O=C(N[C@H]1CC[C@H](C(F)(F)F)CC1)c1cc2[nH]c(Nc3c(Cl)ccc(CNC(=O)C4CCC4)c3Cl)nc2nc1OCC(F)F. The van der Waals surface area contributed by atoms with Crippen molar-refractivity contribution in [1.82, 2.24) is 25.6 Å². The van der Waals surface area contributed by atoms with Crippen LogP contribution >= 0.6 is 23.2 Å². The van der Waals surface area contributed by atoms with Gasteiger partial charge in [-0.05, 0) is 56.2 Å². The summed E-state index contributed by atoms with van der Waals surface area (Å²) in [5.41, 5.74) is 0.955. The molecule has 5 rings (SSSR count). The van der Waals surface area contributed by atoms with E-state index in [0.29, 0.717) is 5.56 Å². The van der Waals surface area contributed by atoms with Crippen LogP contribution in [0.3, 0.4) is 0 Å². The van der Waals surface area contributed by atoms with Gasteiger partial charge in [0.1, 0.15) is 5.56 Å². The molecule has 44 heavy (non-hydrogen) atoms. The van der Waals surface area contributed by atoms with Gasteiger partial charge in [0.15, 0.2) is 12.3 Å². The highest BCUT2D eigenvalue weighted by Gasteiger charge is 2.41. The highest BCUT2D eigenvalue weighted by atomic mass is 35.5. The summed E-state index contributed by atoms with van der Waals surface area (Å²) in [5, 5.41) is 9.00. The predicted molar refractivity (Wildman–Crippen MR) is 154 cm³/mol. The average Bonchev–Trinajstić information content (AvgIpc) is 3.33. The number of hydrogen-bond acceptors (Lipinski definition) is 6. The molecule has 0 aliphatic heterocycles. The maximum Gasteiger partial charge on any atom is 0.391 e. The van der Waals surface area contributed by atoms with Crippen LogP contribution in [0.2, 0.25) is 10.0 Å². The summed E-state index contributed by atoms with van der Waals surface area (Å²) in [4.78, 5) is 36.8. The van der Waals surface area contributed by atoms with Crippen LogP contribution in [-0.4, -0.2) is 52.0 Å². The maximum absolute atomic E-state index is 13.1. The summed E-state index contributed by atoms with van der Waals surface area (Å²) >= 11 is 13.0. The Labute approximate surface area is 258 Å². The predicted octanol–water partition coefficient (Wildman–Crippen LogP) is 6.92. The number of aromatic nitrogens is 3. The topological polar surface area (TPSA) is 121 Å². The van der Waals surface area contributed by atoms with Crippen LogP contribution < -0.4 is 20.7 Å². The van der Waals surface area contributed by atoms with Crippen molar-refractivity contribution in [2.24, 2.45) is 11.8 Å². The highest BCUT2D eigenvalue weighted by molar-refractivity contribution is 6.39. The second kappa shape index (κ2) is 13.3. The number of fused-ring (bicyclic) bond motifs is 1. The van der Waals surface area contributed by atoms with E-state index >= 15 is 0 Å². The molecule has 2 saturated carbocycles. The van der Waals surface area contributed by atoms with Crippen LogP contribution in [0.25, 0.3) is 11.2 Å². The van der Waals surface area contributed by atoms with Gasteiger partial charge in [0.05, 0.1) is 27.2 Å². The molecule has 2 aliphatic carbocycles. The Morgan fingerprint density at radius 1 is 1.07 bits per heavy atom. The summed E-state index contributed by atoms with van der Waals surface area (Å²) in [7, 11) is 0. The van der Waals surface area contributed by atoms with Crippen LogP contribution in [0.5, 0.6) is 5.88 Å². The van der Waals surface area contributed by atoms with Gasteiger partial charge in [0.2, 0.25) is 17.7 Å². The van der Waals surface area contributed by atoms with E-state index in [1.54, 1.807) is 12.1 Å². The number of halogens is 7. The molecule has 2 fully saturated rings. The summed E-state index contributed by atoms with van der Waals surface area (Å²) in [6.07, 6.45) is -4.45. The number of aromatic amines is 1. The molecular weight excluding hydrogens is 634 g/mol. The second-order valence-electron chi connectivity index (χ2n) is 10.9. The van der Waals surface area contributed by atoms with E-state index in [0.717, 1.165) is 19.3 Å². The van der Waals surface area contributed by atoms with E-state index < -0.39 is 43.0 Å². The molecule has 16 heteroatoms. The largest absolute Gasteiger partial charge is 0.471 e. The lowest BCUT2D eigenvalue weighted by Gasteiger charge is -2.30. The molecule has 0 bridgehead atoms. The van der Waals surface area contributed by atoms with Gasteiger partial charge in [-0.2, -0.15) is 23.1 Å². The number of amides is 2. The zero-order chi connectivity index (χ0) is 31.6. The van der Waals surface area contributed by atoms with Crippen molar-refractivity contribution in [3.63, 3.8) is 0 Å². The minimum absolute atomic E-state index is 0.00710. The fraction of sp³-hybridized carbons (Fsp3) is 0.500. The highest BCUT2D eigenvalue weighted by Crippen LogP contribution is 2.38. The van der Waals surface area contributed by atoms with Gasteiger partial charge in [-0.1, -0.05) is 35.7 Å². The van der Waals surface area contributed by atoms with Crippen molar-refractivity contribution >= 4 is 57.8 Å². The van der Waals surface area contributed by atoms with E-state index in [2.05, 4.69) is 30.9 Å². The number of imidazole rings is 1. The lowest BCUT2D eigenvalue weighted by atomic mass is 9.85.